The van der Waals surface area contributed by atoms with E-state index in [9.17, 15) is 26.4 Å². The minimum absolute atomic E-state index is 0.0195. The number of ether oxygens (including phenoxy) is 1. The molecule has 0 aliphatic rings. The fourth-order valence-corrected chi connectivity index (χ4v) is 3.84. The molecule has 0 aromatic heterocycles. The summed E-state index contributed by atoms with van der Waals surface area (Å²) in [4.78, 5) is 12.3. The number of sulfonamides is 1. The Labute approximate surface area is 180 Å². The van der Waals surface area contributed by atoms with Crippen molar-refractivity contribution in [1.29, 1.82) is 0 Å². The summed E-state index contributed by atoms with van der Waals surface area (Å²) >= 11 is 5.85. The van der Waals surface area contributed by atoms with Crippen LogP contribution in [0.3, 0.4) is 0 Å². The predicted molar refractivity (Wildman–Crippen MR) is 110 cm³/mol. The first-order valence-electron chi connectivity index (χ1n) is 8.58. The van der Waals surface area contributed by atoms with Gasteiger partial charge in [-0.1, -0.05) is 17.7 Å². The molecule has 0 unspecified atom stereocenters. The Bertz CT molecular complexity index is 1210. The number of benzene rings is 3. The molecule has 31 heavy (non-hydrogen) atoms. The van der Waals surface area contributed by atoms with Crippen LogP contribution in [0, 0.1) is 5.82 Å². The number of hydrogen-bond acceptors (Lipinski definition) is 4. The summed E-state index contributed by atoms with van der Waals surface area (Å²) in [6.45, 7) is -3.05. The van der Waals surface area contributed by atoms with Crippen LogP contribution in [0.25, 0.3) is 0 Å². The highest BCUT2D eigenvalue weighted by molar-refractivity contribution is 7.92. The fourth-order valence-electron chi connectivity index (χ4n) is 2.51. The number of carbonyl (C=O) groups is 1. The van der Waals surface area contributed by atoms with E-state index in [1.165, 1.54) is 42.5 Å². The highest BCUT2D eigenvalue weighted by Gasteiger charge is 2.17. The number of nitrogens with one attached hydrogen (secondary N) is 2. The largest absolute Gasteiger partial charge is 0.433 e. The topological polar surface area (TPSA) is 84.5 Å². The average molecular weight is 471 g/mol. The Morgan fingerprint density at radius 2 is 1.65 bits per heavy atom. The standard InChI is InChI=1S/C20H14ClF3N2O4S/c21-17-11-15(8-9-18(17)30-20(23)24)25-19(27)12-2-1-3-16(10-12)31(28,29)26-14-6-4-13(22)5-7-14/h1-11,20,26H,(H,25,27). The molecule has 0 heterocycles. The number of anilines is 2. The zero-order valence-electron chi connectivity index (χ0n) is 15.5. The van der Waals surface area contributed by atoms with Crippen molar-refractivity contribution in [2.75, 3.05) is 10.0 Å². The summed E-state index contributed by atoms with van der Waals surface area (Å²) in [5, 5.41) is 2.35. The van der Waals surface area contributed by atoms with Crippen LogP contribution in [0.2, 0.25) is 5.02 Å². The zero-order chi connectivity index (χ0) is 22.6. The summed E-state index contributed by atoms with van der Waals surface area (Å²) < 4.78 is 69.2. The van der Waals surface area contributed by atoms with E-state index >= 15 is 0 Å². The Balaban J connectivity index is 1.77. The lowest BCUT2D eigenvalue weighted by molar-refractivity contribution is -0.0497. The van der Waals surface area contributed by atoms with Gasteiger partial charge in [0.25, 0.3) is 15.9 Å². The molecule has 0 bridgehead atoms. The van der Waals surface area contributed by atoms with Crippen LogP contribution in [0.4, 0.5) is 24.5 Å². The van der Waals surface area contributed by atoms with Crippen LogP contribution in [-0.2, 0) is 10.0 Å². The quantitative estimate of drug-likeness (QED) is 0.501. The van der Waals surface area contributed by atoms with Gasteiger partial charge in [0.2, 0.25) is 0 Å². The van der Waals surface area contributed by atoms with E-state index < -0.39 is 28.4 Å². The third kappa shape index (κ3) is 5.89. The zero-order valence-corrected chi connectivity index (χ0v) is 17.1. The fraction of sp³-hybridized carbons (Fsp3) is 0.0500. The lowest BCUT2D eigenvalue weighted by Gasteiger charge is -2.11. The summed E-state index contributed by atoms with van der Waals surface area (Å²) in [5.74, 6) is -1.43. The first-order valence-corrected chi connectivity index (χ1v) is 10.4. The number of alkyl halides is 2. The molecular weight excluding hydrogens is 457 g/mol. The van der Waals surface area contributed by atoms with Gasteiger partial charge in [-0.15, -0.1) is 0 Å². The Kier molecular flexibility index (Phi) is 6.71. The van der Waals surface area contributed by atoms with Crippen LogP contribution in [0.15, 0.2) is 71.6 Å². The van der Waals surface area contributed by atoms with Gasteiger partial charge in [-0.3, -0.25) is 9.52 Å². The van der Waals surface area contributed by atoms with E-state index in [1.54, 1.807) is 0 Å². The minimum atomic E-state index is -4.04. The maximum atomic E-state index is 13.0. The second-order valence-corrected chi connectivity index (χ2v) is 8.21. The van der Waals surface area contributed by atoms with Crippen LogP contribution in [-0.4, -0.2) is 20.9 Å². The van der Waals surface area contributed by atoms with Crippen LogP contribution < -0.4 is 14.8 Å². The maximum Gasteiger partial charge on any atom is 0.387 e. The molecule has 3 aromatic carbocycles. The SMILES string of the molecule is O=C(Nc1ccc(OC(F)F)c(Cl)c1)c1cccc(S(=O)(=O)Nc2ccc(F)cc2)c1. The number of rotatable bonds is 7. The molecule has 0 aliphatic carbocycles. The number of hydrogen-bond donors (Lipinski definition) is 2. The molecule has 0 saturated carbocycles. The molecule has 11 heteroatoms. The minimum Gasteiger partial charge on any atom is -0.433 e. The summed E-state index contributed by atoms with van der Waals surface area (Å²) in [7, 11) is -4.04. The molecular formula is C20H14ClF3N2O4S. The summed E-state index contributed by atoms with van der Waals surface area (Å²) in [6, 6.07) is 13.6. The third-order valence-corrected chi connectivity index (χ3v) is 5.58. The molecule has 3 rings (SSSR count). The molecule has 0 atom stereocenters. The van der Waals surface area contributed by atoms with E-state index in [2.05, 4.69) is 14.8 Å². The van der Waals surface area contributed by atoms with Crippen molar-refractivity contribution in [3.8, 4) is 5.75 Å². The van der Waals surface area contributed by atoms with E-state index in [-0.39, 0.29) is 32.6 Å². The van der Waals surface area contributed by atoms with Gasteiger partial charge in [0.15, 0.2) is 0 Å². The van der Waals surface area contributed by atoms with Gasteiger partial charge in [0.05, 0.1) is 9.92 Å². The van der Waals surface area contributed by atoms with Gasteiger partial charge in [-0.25, -0.2) is 12.8 Å². The summed E-state index contributed by atoms with van der Waals surface area (Å²) in [5.41, 5.74) is 0.359. The lowest BCUT2D eigenvalue weighted by Crippen LogP contribution is -2.16. The molecule has 0 radical (unpaired) electrons. The Hall–Kier alpha value is -3.24. The molecule has 0 saturated heterocycles. The van der Waals surface area contributed by atoms with E-state index in [4.69, 9.17) is 11.6 Å². The van der Waals surface area contributed by atoms with Gasteiger partial charge in [0.1, 0.15) is 11.6 Å². The highest BCUT2D eigenvalue weighted by Crippen LogP contribution is 2.29. The molecule has 2 N–H and O–H groups in total. The second kappa shape index (κ2) is 9.27. The van der Waals surface area contributed by atoms with Crippen molar-refractivity contribution in [3.63, 3.8) is 0 Å². The Morgan fingerprint density at radius 3 is 2.29 bits per heavy atom. The van der Waals surface area contributed by atoms with Crippen molar-refractivity contribution in [2.24, 2.45) is 0 Å². The van der Waals surface area contributed by atoms with Crippen LogP contribution in [0.1, 0.15) is 10.4 Å². The van der Waals surface area contributed by atoms with E-state index in [0.717, 1.165) is 24.3 Å². The molecule has 0 spiro atoms. The molecule has 1 amide bonds. The molecule has 0 aliphatic heterocycles. The van der Waals surface area contributed by atoms with Gasteiger partial charge in [-0.05, 0) is 60.7 Å². The highest BCUT2D eigenvalue weighted by atomic mass is 35.5. The normalized spacial score (nSPS) is 11.3. The van der Waals surface area contributed by atoms with E-state index in [0.29, 0.717) is 0 Å². The molecule has 3 aromatic rings. The summed E-state index contributed by atoms with van der Waals surface area (Å²) in [6.07, 6.45) is 0. The van der Waals surface area contributed by atoms with Gasteiger partial charge < -0.3 is 10.1 Å². The monoisotopic (exact) mass is 470 g/mol. The number of halogens is 4. The van der Waals surface area contributed by atoms with Crippen molar-refractivity contribution < 1.29 is 31.1 Å². The number of carbonyl (C=O) groups excluding carboxylic acids is 1. The number of amides is 1. The lowest BCUT2D eigenvalue weighted by atomic mass is 10.2. The third-order valence-electron chi connectivity index (χ3n) is 3.91. The molecule has 162 valence electrons. The van der Waals surface area contributed by atoms with Crippen LogP contribution in [0.5, 0.6) is 5.75 Å². The first kappa shape index (κ1) is 22.4. The van der Waals surface area contributed by atoms with Gasteiger partial charge in [-0.2, -0.15) is 8.78 Å². The van der Waals surface area contributed by atoms with Crippen molar-refractivity contribution in [2.45, 2.75) is 11.5 Å². The van der Waals surface area contributed by atoms with Gasteiger partial charge >= 0.3 is 6.61 Å². The average Bonchev–Trinajstić information content (AvgIpc) is 2.71. The van der Waals surface area contributed by atoms with Crippen molar-refractivity contribution >= 4 is 38.9 Å². The van der Waals surface area contributed by atoms with Gasteiger partial charge in [0, 0.05) is 16.9 Å². The van der Waals surface area contributed by atoms with E-state index in [1.807, 2.05) is 0 Å². The molecule has 0 fully saturated rings. The second-order valence-electron chi connectivity index (χ2n) is 6.12. The van der Waals surface area contributed by atoms with Crippen molar-refractivity contribution in [3.05, 3.63) is 83.1 Å². The predicted octanol–water partition coefficient (Wildman–Crippen LogP) is 5.13. The molecule has 6 nitrogen and oxygen atoms in total. The maximum absolute atomic E-state index is 13.0. The Morgan fingerprint density at radius 1 is 0.968 bits per heavy atom. The van der Waals surface area contributed by atoms with Crippen LogP contribution >= 0.6 is 11.6 Å². The smallest absolute Gasteiger partial charge is 0.387 e. The first-order chi connectivity index (χ1) is 14.6. The van der Waals surface area contributed by atoms with Crippen molar-refractivity contribution in [1.82, 2.24) is 0 Å².